The van der Waals surface area contributed by atoms with Crippen LogP contribution < -0.4 is 0 Å². The number of hydrogen-bond acceptors (Lipinski definition) is 0. The van der Waals surface area contributed by atoms with E-state index in [2.05, 4.69) is 55.4 Å². The van der Waals surface area contributed by atoms with E-state index in [1.54, 1.807) is 5.31 Å². The van der Waals surface area contributed by atoms with Gasteiger partial charge in [-0.15, -0.1) is 0 Å². The molecular formula is C20H40P2. The summed E-state index contributed by atoms with van der Waals surface area (Å²) in [7, 11) is 0.0857. The third-order valence-corrected chi connectivity index (χ3v) is 15.9. The SMILES string of the molecule is C=C1P(C(C)C)P(C(C)C)CCCCCC1(C(C)C)C(C)C. The van der Waals surface area contributed by atoms with Gasteiger partial charge in [-0.05, 0) is 47.5 Å². The summed E-state index contributed by atoms with van der Waals surface area (Å²) in [6.07, 6.45) is 7.14. The van der Waals surface area contributed by atoms with E-state index >= 15 is 0 Å². The van der Waals surface area contributed by atoms with Crippen molar-refractivity contribution in [3.63, 3.8) is 0 Å². The molecule has 0 aromatic heterocycles. The molecule has 1 heterocycles. The van der Waals surface area contributed by atoms with Gasteiger partial charge in [0, 0.05) is 5.41 Å². The number of allylic oxidation sites excluding steroid dienone is 1. The van der Waals surface area contributed by atoms with E-state index in [9.17, 15) is 0 Å². The van der Waals surface area contributed by atoms with Crippen molar-refractivity contribution >= 4 is 15.2 Å². The summed E-state index contributed by atoms with van der Waals surface area (Å²) < 4.78 is 0. The Hall–Kier alpha value is 0.600. The quantitative estimate of drug-likeness (QED) is 0.453. The van der Waals surface area contributed by atoms with Crippen LogP contribution in [0.3, 0.4) is 0 Å². The Morgan fingerprint density at radius 2 is 1.36 bits per heavy atom. The van der Waals surface area contributed by atoms with Gasteiger partial charge in [0.25, 0.3) is 0 Å². The fourth-order valence-corrected chi connectivity index (χ4v) is 14.7. The van der Waals surface area contributed by atoms with Gasteiger partial charge in [-0.1, -0.05) is 90.0 Å². The average molecular weight is 342 g/mol. The summed E-state index contributed by atoms with van der Waals surface area (Å²) in [6.45, 7) is 24.5. The summed E-state index contributed by atoms with van der Waals surface area (Å²) in [6, 6.07) is 0. The maximum absolute atomic E-state index is 4.83. The highest BCUT2D eigenvalue weighted by molar-refractivity contribution is 8.32. The van der Waals surface area contributed by atoms with Gasteiger partial charge in [-0.3, -0.25) is 0 Å². The Balaban J connectivity index is 3.37. The molecule has 130 valence electrons. The van der Waals surface area contributed by atoms with E-state index in [4.69, 9.17) is 6.58 Å². The molecule has 0 N–H and O–H groups in total. The van der Waals surface area contributed by atoms with Crippen LogP contribution in [0.15, 0.2) is 11.9 Å². The predicted molar refractivity (Wildman–Crippen MR) is 109 cm³/mol. The van der Waals surface area contributed by atoms with E-state index in [1.165, 1.54) is 31.8 Å². The fourth-order valence-electron chi connectivity index (χ4n) is 4.51. The smallest absolute Gasteiger partial charge is 0.0000990 e. The molecule has 1 aliphatic rings. The molecule has 22 heavy (non-hydrogen) atoms. The third kappa shape index (κ3) is 4.16. The van der Waals surface area contributed by atoms with Crippen LogP contribution in [0.4, 0.5) is 0 Å². The second-order valence-electron chi connectivity index (χ2n) is 8.30. The van der Waals surface area contributed by atoms with Crippen molar-refractivity contribution in [3.05, 3.63) is 11.9 Å². The molecule has 0 amide bonds. The fraction of sp³-hybridized carbons (Fsp3) is 0.900. The summed E-state index contributed by atoms with van der Waals surface area (Å²) in [5.74, 6) is 1.43. The van der Waals surface area contributed by atoms with Crippen molar-refractivity contribution in [3.8, 4) is 0 Å². The van der Waals surface area contributed by atoms with E-state index < -0.39 is 0 Å². The molecule has 1 saturated heterocycles. The van der Waals surface area contributed by atoms with E-state index in [0.717, 1.165) is 11.3 Å². The minimum atomic E-state index is -0.0379. The maximum atomic E-state index is 4.83. The standard InChI is InChI=1S/C20H40P2/c1-15(2)20(16(3)4)13-11-10-12-14-21(17(5)6)22(18(7)8)19(20)9/h15-18H,9-14H2,1-8H3. The van der Waals surface area contributed by atoms with Crippen LogP contribution in [0, 0.1) is 17.3 Å². The minimum Gasteiger partial charge on any atom is -0.0944 e. The van der Waals surface area contributed by atoms with Crippen LogP contribution >= 0.6 is 15.2 Å². The van der Waals surface area contributed by atoms with Gasteiger partial charge >= 0.3 is 0 Å². The second kappa shape index (κ2) is 8.62. The van der Waals surface area contributed by atoms with Crippen LogP contribution in [0.25, 0.3) is 0 Å². The molecule has 1 aliphatic heterocycles. The van der Waals surface area contributed by atoms with Gasteiger partial charge in [0.05, 0.1) is 0 Å². The number of hydrogen-bond donors (Lipinski definition) is 0. The van der Waals surface area contributed by atoms with Crippen LogP contribution in [0.1, 0.15) is 81.1 Å². The van der Waals surface area contributed by atoms with E-state index in [-0.39, 0.29) is 15.2 Å². The molecule has 1 rings (SSSR count). The normalized spacial score (nSPS) is 27.4. The second-order valence-corrected chi connectivity index (χ2v) is 15.8. The molecule has 0 nitrogen and oxygen atoms in total. The molecule has 0 saturated carbocycles. The zero-order chi connectivity index (χ0) is 17.1. The lowest BCUT2D eigenvalue weighted by Crippen LogP contribution is -2.35. The summed E-state index contributed by atoms with van der Waals surface area (Å²) >= 11 is 0. The average Bonchev–Trinajstić information content (AvgIpc) is 2.45. The highest BCUT2D eigenvalue weighted by atomic mass is 32.1. The van der Waals surface area contributed by atoms with Crippen molar-refractivity contribution in [2.75, 3.05) is 6.16 Å². The predicted octanol–water partition coefficient (Wildman–Crippen LogP) is 8.07. The van der Waals surface area contributed by atoms with Gasteiger partial charge in [0.2, 0.25) is 0 Å². The highest BCUT2D eigenvalue weighted by Gasteiger charge is 2.45. The Bertz CT molecular complexity index is 347. The Labute approximate surface area is 143 Å². The van der Waals surface area contributed by atoms with Crippen LogP contribution in [-0.2, 0) is 0 Å². The van der Waals surface area contributed by atoms with E-state index in [1.807, 2.05) is 0 Å². The van der Waals surface area contributed by atoms with Crippen LogP contribution in [-0.4, -0.2) is 17.5 Å². The van der Waals surface area contributed by atoms with Crippen LogP contribution in [0.2, 0.25) is 0 Å². The summed E-state index contributed by atoms with van der Waals surface area (Å²) in [4.78, 5) is 0. The molecule has 0 aliphatic carbocycles. The highest BCUT2D eigenvalue weighted by Crippen LogP contribution is 2.81. The molecule has 0 bridgehead atoms. The lowest BCUT2D eigenvalue weighted by Gasteiger charge is -2.49. The molecule has 0 aromatic carbocycles. The summed E-state index contributed by atoms with van der Waals surface area (Å²) in [5, 5.41) is 1.68. The largest absolute Gasteiger partial charge is 0.0944 e. The van der Waals surface area contributed by atoms with Crippen LogP contribution in [0.5, 0.6) is 0 Å². The van der Waals surface area contributed by atoms with Crippen molar-refractivity contribution in [1.29, 1.82) is 0 Å². The van der Waals surface area contributed by atoms with Crippen molar-refractivity contribution in [2.45, 2.75) is 92.4 Å². The molecule has 0 radical (unpaired) electrons. The Morgan fingerprint density at radius 3 is 1.77 bits per heavy atom. The van der Waals surface area contributed by atoms with Gasteiger partial charge in [0.1, 0.15) is 0 Å². The zero-order valence-corrected chi connectivity index (χ0v) is 18.2. The van der Waals surface area contributed by atoms with Gasteiger partial charge in [0.15, 0.2) is 0 Å². The first-order valence-electron chi connectivity index (χ1n) is 9.41. The lowest BCUT2D eigenvalue weighted by atomic mass is 9.66. The van der Waals surface area contributed by atoms with Gasteiger partial charge < -0.3 is 0 Å². The van der Waals surface area contributed by atoms with Crippen molar-refractivity contribution < 1.29 is 0 Å². The first-order valence-corrected chi connectivity index (χ1v) is 13.1. The van der Waals surface area contributed by atoms with Crippen molar-refractivity contribution in [1.82, 2.24) is 0 Å². The molecule has 2 atom stereocenters. The summed E-state index contributed by atoms with van der Waals surface area (Å²) in [5.41, 5.74) is 2.02. The molecule has 2 heteroatoms. The molecule has 0 spiro atoms. The lowest BCUT2D eigenvalue weighted by molar-refractivity contribution is 0.153. The number of rotatable bonds is 4. The molecule has 1 fully saturated rings. The molecule has 2 unspecified atom stereocenters. The molecular weight excluding hydrogens is 302 g/mol. The monoisotopic (exact) mass is 342 g/mol. The first-order chi connectivity index (χ1) is 10.2. The molecule has 0 aromatic rings. The Morgan fingerprint density at radius 1 is 0.818 bits per heavy atom. The first kappa shape index (κ1) is 20.6. The zero-order valence-electron chi connectivity index (χ0n) is 16.4. The van der Waals surface area contributed by atoms with Crippen molar-refractivity contribution in [2.24, 2.45) is 17.3 Å². The maximum Gasteiger partial charge on any atom is 0.0000990 e. The topological polar surface area (TPSA) is 0 Å². The van der Waals surface area contributed by atoms with E-state index in [0.29, 0.717) is 17.3 Å². The van der Waals surface area contributed by atoms with Gasteiger partial charge in [-0.25, -0.2) is 0 Å². The van der Waals surface area contributed by atoms with Gasteiger partial charge in [-0.2, -0.15) is 0 Å². The Kier molecular flexibility index (Phi) is 8.09. The minimum absolute atomic E-state index is 0.0379. The third-order valence-electron chi connectivity index (χ3n) is 5.71.